The Bertz CT molecular complexity index is 149. The van der Waals surface area contributed by atoms with Gasteiger partial charge >= 0.3 is 0 Å². The van der Waals surface area contributed by atoms with Gasteiger partial charge in [-0.05, 0) is 6.42 Å². The van der Waals surface area contributed by atoms with Crippen LogP contribution in [-0.2, 0) is 4.74 Å². The Hall–Kier alpha value is -1.12. The van der Waals surface area contributed by atoms with Crippen LogP contribution in [0.15, 0.2) is 24.4 Å². The molecule has 64 valence electrons. The summed E-state index contributed by atoms with van der Waals surface area (Å²) in [7, 11) is 0. The Labute approximate surface area is 66.6 Å². The number of aliphatic hydroxyl groups excluding tert-OH is 2. The number of aliphatic hydroxyl groups is 2. The predicted octanol–water partition coefficient (Wildman–Crippen LogP) is 2.27. The largest absolute Gasteiger partial charge is 0.508 e. The first-order chi connectivity index (χ1) is 5.16. The zero-order valence-corrected chi connectivity index (χ0v) is 6.71. The maximum absolute atomic E-state index is 8.86. The lowest BCUT2D eigenvalue weighted by Gasteiger charge is -2.01. The molecule has 0 amide bonds. The van der Waals surface area contributed by atoms with Crippen molar-refractivity contribution in [3.63, 3.8) is 0 Å². The van der Waals surface area contributed by atoms with Crippen molar-refractivity contribution in [2.75, 3.05) is 6.61 Å². The van der Waals surface area contributed by atoms with Crippen LogP contribution < -0.4 is 0 Å². The first-order valence-corrected chi connectivity index (χ1v) is 3.58. The molecule has 0 aliphatic heterocycles. The molecule has 0 rings (SSSR count). The quantitative estimate of drug-likeness (QED) is 0.366. The minimum absolute atomic E-state index is 0.209. The number of allylic oxidation sites excluding steroid dienone is 1. The molecule has 2 N–H and O–H groups in total. The van der Waals surface area contributed by atoms with Gasteiger partial charge in [-0.3, -0.25) is 0 Å². The van der Waals surface area contributed by atoms with Gasteiger partial charge in [-0.15, -0.1) is 0 Å². The van der Waals surface area contributed by atoms with Crippen LogP contribution in [0.5, 0.6) is 0 Å². The lowest BCUT2D eigenvalue weighted by Crippen LogP contribution is -1.94. The second-order valence-electron chi connectivity index (χ2n) is 2.18. The van der Waals surface area contributed by atoms with Gasteiger partial charge in [0.25, 0.3) is 5.95 Å². The highest BCUT2D eigenvalue weighted by Gasteiger charge is 1.92. The lowest BCUT2D eigenvalue weighted by molar-refractivity contribution is 0.0901. The molecule has 0 spiro atoms. The maximum Gasteiger partial charge on any atom is 0.280 e. The van der Waals surface area contributed by atoms with Gasteiger partial charge in [-0.1, -0.05) is 19.9 Å². The fourth-order valence-corrected chi connectivity index (χ4v) is 0.505. The molecule has 0 fully saturated rings. The van der Waals surface area contributed by atoms with Crippen LogP contribution in [0, 0.1) is 0 Å². The minimum Gasteiger partial charge on any atom is -0.508 e. The number of hydrogen-bond acceptors (Lipinski definition) is 3. The van der Waals surface area contributed by atoms with Gasteiger partial charge in [-0.2, -0.15) is 0 Å². The summed E-state index contributed by atoms with van der Waals surface area (Å²) < 4.78 is 4.79. The van der Waals surface area contributed by atoms with Crippen molar-refractivity contribution in [3.05, 3.63) is 24.4 Å². The standard InChI is InChI=1S/C8H14O3/c1-3-4-5-11-8(10)6-7(2)9/h6,9-10H,2-5H2,1H3/b8-6+. The smallest absolute Gasteiger partial charge is 0.280 e. The predicted molar refractivity (Wildman–Crippen MR) is 43.3 cm³/mol. The molecule has 0 saturated heterocycles. The molecule has 11 heavy (non-hydrogen) atoms. The third kappa shape index (κ3) is 6.77. The molecule has 0 heterocycles. The number of unbranched alkanes of at least 4 members (excludes halogenated alkanes) is 1. The molecule has 0 aromatic carbocycles. The Balaban J connectivity index is 3.51. The van der Waals surface area contributed by atoms with E-state index in [2.05, 4.69) is 6.58 Å². The third-order valence-corrected chi connectivity index (χ3v) is 1.04. The van der Waals surface area contributed by atoms with E-state index in [1.54, 1.807) is 0 Å². The zero-order chi connectivity index (χ0) is 8.69. The Morgan fingerprint density at radius 3 is 2.64 bits per heavy atom. The normalized spacial score (nSPS) is 11.2. The highest BCUT2D eigenvalue weighted by atomic mass is 16.6. The number of hydrogen-bond donors (Lipinski definition) is 2. The molecule has 3 heteroatoms. The van der Waals surface area contributed by atoms with Crippen molar-refractivity contribution in [2.24, 2.45) is 0 Å². The van der Waals surface area contributed by atoms with Crippen molar-refractivity contribution >= 4 is 0 Å². The molecule has 3 nitrogen and oxygen atoms in total. The lowest BCUT2D eigenvalue weighted by atomic mass is 10.4. The minimum atomic E-state index is -0.286. The molecule has 0 saturated carbocycles. The van der Waals surface area contributed by atoms with Crippen molar-refractivity contribution in [1.82, 2.24) is 0 Å². The van der Waals surface area contributed by atoms with Gasteiger partial charge in [0.2, 0.25) is 0 Å². The number of ether oxygens (including phenoxy) is 1. The van der Waals surface area contributed by atoms with Gasteiger partial charge in [-0.25, -0.2) is 0 Å². The second-order valence-corrected chi connectivity index (χ2v) is 2.18. The van der Waals surface area contributed by atoms with Crippen LogP contribution in [-0.4, -0.2) is 16.8 Å². The topological polar surface area (TPSA) is 49.7 Å². The van der Waals surface area contributed by atoms with Crippen LogP contribution in [0.4, 0.5) is 0 Å². The molecule has 0 aromatic heterocycles. The fourth-order valence-electron chi connectivity index (χ4n) is 0.505. The summed E-state index contributed by atoms with van der Waals surface area (Å²) in [5.74, 6) is -0.495. The van der Waals surface area contributed by atoms with Crippen molar-refractivity contribution < 1.29 is 14.9 Å². The van der Waals surface area contributed by atoms with Gasteiger partial charge in [0.15, 0.2) is 0 Å². The molecule has 0 radical (unpaired) electrons. The molecule has 0 aliphatic rings. The number of rotatable bonds is 5. The van der Waals surface area contributed by atoms with Crippen LogP contribution >= 0.6 is 0 Å². The van der Waals surface area contributed by atoms with Crippen LogP contribution in [0.2, 0.25) is 0 Å². The van der Waals surface area contributed by atoms with E-state index in [0.29, 0.717) is 6.61 Å². The van der Waals surface area contributed by atoms with Crippen molar-refractivity contribution in [3.8, 4) is 0 Å². The maximum atomic E-state index is 8.86. The van der Waals surface area contributed by atoms with E-state index in [4.69, 9.17) is 14.9 Å². The summed E-state index contributed by atoms with van der Waals surface area (Å²) >= 11 is 0. The summed E-state index contributed by atoms with van der Waals surface area (Å²) in [4.78, 5) is 0. The molecular weight excluding hydrogens is 144 g/mol. The summed E-state index contributed by atoms with van der Waals surface area (Å²) in [6.45, 7) is 5.65. The zero-order valence-electron chi connectivity index (χ0n) is 6.71. The average Bonchev–Trinajstić information content (AvgIpc) is 1.86. The summed E-state index contributed by atoms with van der Waals surface area (Å²) in [5, 5.41) is 17.4. The van der Waals surface area contributed by atoms with Gasteiger partial charge in [0.1, 0.15) is 5.76 Å². The van der Waals surface area contributed by atoms with Crippen molar-refractivity contribution in [1.29, 1.82) is 0 Å². The summed E-state index contributed by atoms with van der Waals surface area (Å²) in [6.07, 6.45) is 2.96. The second kappa shape index (κ2) is 5.65. The van der Waals surface area contributed by atoms with E-state index in [1.165, 1.54) is 0 Å². The Morgan fingerprint density at radius 2 is 2.18 bits per heavy atom. The van der Waals surface area contributed by atoms with E-state index in [0.717, 1.165) is 18.9 Å². The van der Waals surface area contributed by atoms with E-state index in [-0.39, 0.29) is 11.7 Å². The molecule has 0 unspecified atom stereocenters. The fraction of sp³-hybridized carbons (Fsp3) is 0.500. The van der Waals surface area contributed by atoms with Gasteiger partial charge in [0, 0.05) is 0 Å². The monoisotopic (exact) mass is 158 g/mol. The van der Waals surface area contributed by atoms with Gasteiger partial charge < -0.3 is 14.9 Å². The van der Waals surface area contributed by atoms with Crippen LogP contribution in [0.1, 0.15) is 19.8 Å². The SMILES string of the molecule is C=C(O)/C=C(\O)OCCCC. The average molecular weight is 158 g/mol. The molecular formula is C8H14O3. The first-order valence-electron chi connectivity index (χ1n) is 3.58. The first kappa shape index (κ1) is 9.88. The van der Waals surface area contributed by atoms with E-state index < -0.39 is 0 Å². The van der Waals surface area contributed by atoms with E-state index in [1.807, 2.05) is 6.92 Å². The molecule has 0 aromatic rings. The van der Waals surface area contributed by atoms with Crippen LogP contribution in [0.3, 0.4) is 0 Å². The Morgan fingerprint density at radius 1 is 1.55 bits per heavy atom. The van der Waals surface area contributed by atoms with E-state index >= 15 is 0 Å². The van der Waals surface area contributed by atoms with Crippen LogP contribution in [0.25, 0.3) is 0 Å². The van der Waals surface area contributed by atoms with Crippen molar-refractivity contribution in [2.45, 2.75) is 19.8 Å². The highest BCUT2D eigenvalue weighted by molar-refractivity contribution is 5.05. The van der Waals surface area contributed by atoms with E-state index in [9.17, 15) is 0 Å². The molecule has 0 aliphatic carbocycles. The summed E-state index contributed by atoms with van der Waals surface area (Å²) in [5.41, 5.74) is 0. The van der Waals surface area contributed by atoms with Gasteiger partial charge in [0.05, 0.1) is 12.7 Å². The molecule has 0 atom stereocenters. The molecule has 0 bridgehead atoms. The Kier molecular flexibility index (Phi) is 5.07. The summed E-state index contributed by atoms with van der Waals surface area (Å²) in [6, 6.07) is 0. The highest BCUT2D eigenvalue weighted by Crippen LogP contribution is 1.98. The third-order valence-electron chi connectivity index (χ3n) is 1.04.